The summed E-state index contributed by atoms with van der Waals surface area (Å²) in [7, 11) is 0. The van der Waals surface area contributed by atoms with E-state index < -0.39 is 0 Å². The van der Waals surface area contributed by atoms with Gasteiger partial charge in [-0.3, -0.25) is 0 Å². The predicted molar refractivity (Wildman–Crippen MR) is 104 cm³/mol. The minimum Gasteiger partial charge on any atom is -0.348 e. The number of hydrogen-bond acceptors (Lipinski definition) is 1. The van der Waals surface area contributed by atoms with Crippen molar-refractivity contribution in [2.75, 3.05) is 11.9 Å². The summed E-state index contributed by atoms with van der Waals surface area (Å²) in [6.07, 6.45) is 2.09. The molecule has 1 aromatic heterocycles. The second kappa shape index (κ2) is 6.71. The molecule has 2 heterocycles. The quantitative estimate of drug-likeness (QED) is 0.715. The Morgan fingerprint density at radius 3 is 2.58 bits per heavy atom. The summed E-state index contributed by atoms with van der Waals surface area (Å²) in [5.74, 6) is 0. The van der Waals surface area contributed by atoms with Gasteiger partial charge in [0.2, 0.25) is 0 Å². The van der Waals surface area contributed by atoms with Crippen LogP contribution in [0.3, 0.4) is 0 Å². The monoisotopic (exact) mass is 345 g/mol. The number of urea groups is 1. The summed E-state index contributed by atoms with van der Waals surface area (Å²) in [6, 6.07) is 20.3. The third-order valence-corrected chi connectivity index (χ3v) is 5.26. The number of rotatable bonds is 2. The number of fused-ring (bicyclic) bond motifs is 1. The zero-order valence-electron chi connectivity index (χ0n) is 15.1. The third kappa shape index (κ3) is 2.88. The first-order chi connectivity index (χ1) is 12.6. The van der Waals surface area contributed by atoms with E-state index in [1.807, 2.05) is 42.2 Å². The number of anilines is 1. The first-order valence-electron chi connectivity index (χ1n) is 8.99. The number of hydrogen-bond donors (Lipinski definition) is 1. The van der Waals surface area contributed by atoms with Crippen LogP contribution >= 0.6 is 0 Å². The summed E-state index contributed by atoms with van der Waals surface area (Å²) < 4.78 is 2.24. The normalized spacial score (nSPS) is 16.2. The molecule has 3 aromatic rings. The van der Waals surface area contributed by atoms with Crippen molar-refractivity contribution < 1.29 is 4.79 Å². The number of nitrogens with one attached hydrogen (secondary N) is 1. The molecule has 4 heteroatoms. The lowest BCUT2D eigenvalue weighted by molar-refractivity contribution is 0.182. The summed E-state index contributed by atoms with van der Waals surface area (Å²) in [4.78, 5) is 15.1. The SMILES string of the molecule is Cc1cccc(NC(=O)N2CCn3cccc3C2c2ccccc2)c1C. The lowest BCUT2D eigenvalue weighted by Gasteiger charge is -2.37. The first kappa shape index (κ1) is 16.5. The van der Waals surface area contributed by atoms with E-state index in [0.29, 0.717) is 6.54 Å². The van der Waals surface area contributed by atoms with E-state index in [9.17, 15) is 4.79 Å². The maximum absolute atomic E-state index is 13.2. The van der Waals surface area contributed by atoms with Gasteiger partial charge in [-0.1, -0.05) is 42.5 Å². The van der Waals surface area contributed by atoms with Gasteiger partial charge in [0.15, 0.2) is 0 Å². The van der Waals surface area contributed by atoms with Crippen LogP contribution in [0.15, 0.2) is 66.9 Å². The van der Waals surface area contributed by atoms with Gasteiger partial charge in [-0.05, 0) is 48.7 Å². The number of carbonyl (C=O) groups excluding carboxylic acids is 1. The van der Waals surface area contributed by atoms with Crippen molar-refractivity contribution in [2.24, 2.45) is 0 Å². The second-order valence-corrected chi connectivity index (χ2v) is 6.81. The Balaban J connectivity index is 1.68. The van der Waals surface area contributed by atoms with E-state index in [-0.39, 0.29) is 12.1 Å². The number of carbonyl (C=O) groups is 1. The highest BCUT2D eigenvalue weighted by molar-refractivity contribution is 5.91. The summed E-state index contributed by atoms with van der Waals surface area (Å²) in [5.41, 5.74) is 5.44. The van der Waals surface area contributed by atoms with Crippen LogP contribution in [-0.4, -0.2) is 22.0 Å². The molecule has 1 unspecified atom stereocenters. The minimum atomic E-state index is -0.0786. The molecule has 26 heavy (non-hydrogen) atoms. The van der Waals surface area contributed by atoms with Crippen LogP contribution < -0.4 is 5.32 Å². The largest absolute Gasteiger partial charge is 0.348 e. The fourth-order valence-corrected chi connectivity index (χ4v) is 3.66. The van der Waals surface area contributed by atoms with Gasteiger partial charge in [0.05, 0.1) is 6.04 Å². The highest BCUT2D eigenvalue weighted by atomic mass is 16.2. The Kier molecular flexibility index (Phi) is 4.25. The molecule has 0 bridgehead atoms. The molecule has 4 nitrogen and oxygen atoms in total. The maximum Gasteiger partial charge on any atom is 0.322 e. The van der Waals surface area contributed by atoms with Gasteiger partial charge in [-0.15, -0.1) is 0 Å². The van der Waals surface area contributed by atoms with Gasteiger partial charge in [0, 0.05) is 30.7 Å². The molecule has 4 rings (SSSR count). The molecular formula is C22H23N3O. The van der Waals surface area contributed by atoms with Crippen molar-refractivity contribution in [3.05, 3.63) is 89.2 Å². The zero-order chi connectivity index (χ0) is 18.1. The molecule has 0 fully saturated rings. The topological polar surface area (TPSA) is 37.3 Å². The average molecular weight is 345 g/mol. The Morgan fingerprint density at radius 2 is 1.77 bits per heavy atom. The smallest absolute Gasteiger partial charge is 0.322 e. The fourth-order valence-electron chi connectivity index (χ4n) is 3.66. The standard InChI is InChI=1S/C22H23N3O/c1-16-8-6-11-19(17(16)2)23-22(26)25-15-14-24-13-7-12-20(24)21(25)18-9-4-3-5-10-18/h3-13,21H,14-15H2,1-2H3,(H,23,26). The number of aryl methyl sites for hydroxylation is 1. The van der Waals surface area contributed by atoms with Crippen LogP contribution in [0, 0.1) is 13.8 Å². The first-order valence-corrected chi connectivity index (χ1v) is 8.99. The highest BCUT2D eigenvalue weighted by Gasteiger charge is 2.32. The molecule has 2 amide bonds. The maximum atomic E-state index is 13.2. The van der Waals surface area contributed by atoms with Gasteiger partial charge in [-0.2, -0.15) is 0 Å². The van der Waals surface area contributed by atoms with Crippen molar-refractivity contribution in [3.63, 3.8) is 0 Å². The molecule has 0 saturated carbocycles. The molecule has 1 aliphatic heterocycles. The van der Waals surface area contributed by atoms with Crippen LogP contribution in [0.4, 0.5) is 10.5 Å². The third-order valence-electron chi connectivity index (χ3n) is 5.26. The number of aromatic nitrogens is 1. The van der Waals surface area contributed by atoms with E-state index >= 15 is 0 Å². The summed E-state index contributed by atoms with van der Waals surface area (Å²) >= 11 is 0. The highest BCUT2D eigenvalue weighted by Crippen LogP contribution is 2.33. The molecule has 2 aromatic carbocycles. The van der Waals surface area contributed by atoms with Crippen molar-refractivity contribution in [3.8, 4) is 0 Å². The molecule has 1 N–H and O–H groups in total. The molecule has 1 atom stereocenters. The van der Waals surface area contributed by atoms with Gasteiger partial charge in [0.1, 0.15) is 0 Å². The Hall–Kier alpha value is -3.01. The molecule has 1 aliphatic rings. The molecular weight excluding hydrogens is 322 g/mol. The number of nitrogens with zero attached hydrogens (tertiary/aromatic N) is 2. The van der Waals surface area contributed by atoms with E-state index in [4.69, 9.17) is 0 Å². The molecule has 0 aliphatic carbocycles. The van der Waals surface area contributed by atoms with Gasteiger partial charge in [0.25, 0.3) is 0 Å². The predicted octanol–water partition coefficient (Wildman–Crippen LogP) is 4.74. The fraction of sp³-hybridized carbons (Fsp3) is 0.227. The van der Waals surface area contributed by atoms with Crippen molar-refractivity contribution in [2.45, 2.75) is 26.4 Å². The van der Waals surface area contributed by atoms with Crippen LogP contribution in [0.1, 0.15) is 28.4 Å². The lowest BCUT2D eigenvalue weighted by Crippen LogP contribution is -2.44. The van der Waals surface area contributed by atoms with Crippen LogP contribution in [0.2, 0.25) is 0 Å². The molecule has 0 radical (unpaired) electrons. The van der Waals surface area contributed by atoms with E-state index in [1.165, 1.54) is 5.56 Å². The molecule has 0 saturated heterocycles. The average Bonchev–Trinajstić information content (AvgIpc) is 3.14. The Bertz CT molecular complexity index is 930. The van der Waals surface area contributed by atoms with Crippen molar-refractivity contribution in [1.29, 1.82) is 0 Å². The molecule has 132 valence electrons. The minimum absolute atomic E-state index is 0.0556. The summed E-state index contributed by atoms with van der Waals surface area (Å²) in [6.45, 7) is 5.59. The Labute approximate surface area is 154 Å². The molecule has 0 spiro atoms. The number of benzene rings is 2. The Morgan fingerprint density at radius 1 is 0.962 bits per heavy atom. The lowest BCUT2D eigenvalue weighted by atomic mass is 10.0. The van der Waals surface area contributed by atoms with Crippen LogP contribution in [-0.2, 0) is 6.54 Å². The summed E-state index contributed by atoms with van der Waals surface area (Å²) in [5, 5.41) is 3.12. The van der Waals surface area contributed by atoms with Crippen LogP contribution in [0.25, 0.3) is 0 Å². The van der Waals surface area contributed by atoms with E-state index in [0.717, 1.165) is 29.1 Å². The van der Waals surface area contributed by atoms with Gasteiger partial charge < -0.3 is 14.8 Å². The van der Waals surface area contributed by atoms with Gasteiger partial charge >= 0.3 is 6.03 Å². The van der Waals surface area contributed by atoms with Gasteiger partial charge in [-0.25, -0.2) is 4.79 Å². The van der Waals surface area contributed by atoms with E-state index in [2.05, 4.69) is 53.3 Å². The van der Waals surface area contributed by atoms with Crippen molar-refractivity contribution in [1.82, 2.24) is 9.47 Å². The van der Waals surface area contributed by atoms with Crippen molar-refractivity contribution >= 4 is 11.7 Å². The number of amides is 2. The second-order valence-electron chi connectivity index (χ2n) is 6.81. The van der Waals surface area contributed by atoms with Crippen LogP contribution in [0.5, 0.6) is 0 Å². The van der Waals surface area contributed by atoms with E-state index in [1.54, 1.807) is 0 Å². The zero-order valence-corrected chi connectivity index (χ0v) is 15.1.